The van der Waals surface area contributed by atoms with Crippen molar-refractivity contribution in [3.8, 4) is 0 Å². The molecule has 26 heavy (non-hydrogen) atoms. The van der Waals surface area contributed by atoms with Gasteiger partial charge in [0.05, 0.1) is 17.6 Å². The summed E-state index contributed by atoms with van der Waals surface area (Å²) in [5.74, 6) is 1.75. The van der Waals surface area contributed by atoms with Crippen molar-refractivity contribution in [2.75, 3.05) is 29.1 Å². The third-order valence-electron chi connectivity index (χ3n) is 3.55. The van der Waals surface area contributed by atoms with Gasteiger partial charge in [-0.1, -0.05) is 45.7 Å². The third kappa shape index (κ3) is 10.8. The van der Waals surface area contributed by atoms with E-state index in [1.54, 1.807) is 0 Å². The lowest BCUT2D eigenvalue weighted by atomic mass is 10.3. The fourth-order valence-corrected chi connectivity index (χ4v) is 10.2. The van der Waals surface area contributed by atoms with E-state index < -0.39 is 7.42 Å². The highest BCUT2D eigenvalue weighted by molar-refractivity contribution is 14.1. The summed E-state index contributed by atoms with van der Waals surface area (Å²) in [6.07, 6.45) is 0. The summed E-state index contributed by atoms with van der Waals surface area (Å²) >= 11 is 5.52. The molecule has 0 rings (SSSR count). The average molecular weight is 537 g/mol. The summed E-state index contributed by atoms with van der Waals surface area (Å²) in [7, 11) is -0.440. The molecule has 0 saturated carbocycles. The smallest absolute Gasteiger partial charge is 0.198 e. The van der Waals surface area contributed by atoms with E-state index in [2.05, 4.69) is 87.3 Å². The molecule has 0 aromatic heterocycles. The van der Waals surface area contributed by atoms with Crippen LogP contribution >= 0.6 is 53.2 Å². The summed E-state index contributed by atoms with van der Waals surface area (Å²) in [6, 6.07) is 2.07. The van der Waals surface area contributed by atoms with Gasteiger partial charge in [-0.25, -0.2) is 0 Å². The standard InChI is InChI=1S/C18H38IN2O2PS2/c1-14(2)20(15(3)4)24(21(16(5)6)17(7)8)26-12-10-23-9-11-25-18(22)13-19/h14-17H,9-13H2,1-8H3. The number of ether oxygens (including phenoxy) is 1. The van der Waals surface area contributed by atoms with Crippen molar-refractivity contribution >= 4 is 58.3 Å². The largest absolute Gasteiger partial charge is 0.380 e. The van der Waals surface area contributed by atoms with E-state index in [0.717, 1.165) is 18.1 Å². The lowest BCUT2D eigenvalue weighted by molar-refractivity contribution is -0.108. The number of thioether (sulfide) groups is 1. The molecule has 0 atom stereocenters. The van der Waals surface area contributed by atoms with Crippen molar-refractivity contribution in [2.24, 2.45) is 0 Å². The first-order valence-corrected chi connectivity index (χ1v) is 14.8. The Balaban J connectivity index is 4.70. The van der Waals surface area contributed by atoms with Crippen LogP contribution in [0.1, 0.15) is 55.4 Å². The molecule has 4 nitrogen and oxygen atoms in total. The lowest BCUT2D eigenvalue weighted by Gasteiger charge is -2.46. The van der Waals surface area contributed by atoms with Gasteiger partial charge < -0.3 is 4.74 Å². The SMILES string of the molecule is CC(C)N(C(C)C)P(SCCOCCSC(=O)CI)N(C(C)C)C(C)C. The second-order valence-corrected chi connectivity index (χ2v) is 13.0. The van der Waals surface area contributed by atoms with Crippen molar-refractivity contribution in [1.29, 1.82) is 0 Å². The van der Waals surface area contributed by atoms with Gasteiger partial charge in [0, 0.05) is 35.7 Å². The van der Waals surface area contributed by atoms with Gasteiger partial charge in [-0.2, -0.15) is 0 Å². The number of nitrogens with zero attached hydrogens (tertiary/aromatic N) is 2. The Morgan fingerprint density at radius 1 is 0.885 bits per heavy atom. The van der Waals surface area contributed by atoms with Gasteiger partial charge in [0.25, 0.3) is 0 Å². The van der Waals surface area contributed by atoms with Gasteiger partial charge in [-0.3, -0.25) is 14.1 Å². The molecule has 0 N–H and O–H groups in total. The van der Waals surface area contributed by atoms with Crippen LogP contribution in [0.4, 0.5) is 0 Å². The van der Waals surface area contributed by atoms with E-state index in [1.807, 2.05) is 11.4 Å². The number of carbonyl (C=O) groups is 1. The molecule has 0 aromatic rings. The van der Waals surface area contributed by atoms with E-state index >= 15 is 0 Å². The van der Waals surface area contributed by atoms with E-state index in [9.17, 15) is 4.79 Å². The zero-order valence-electron chi connectivity index (χ0n) is 17.7. The first kappa shape index (κ1) is 27.4. The highest BCUT2D eigenvalue weighted by Crippen LogP contribution is 2.59. The van der Waals surface area contributed by atoms with Crippen LogP contribution in [0.25, 0.3) is 0 Å². The maximum atomic E-state index is 11.3. The van der Waals surface area contributed by atoms with Crippen LogP contribution in [-0.2, 0) is 9.53 Å². The monoisotopic (exact) mass is 536 g/mol. The molecule has 0 amide bonds. The first-order chi connectivity index (χ1) is 12.1. The molecular weight excluding hydrogens is 498 g/mol. The summed E-state index contributed by atoms with van der Waals surface area (Å²) in [4.78, 5) is 11.3. The summed E-state index contributed by atoms with van der Waals surface area (Å²) in [5, 5.41) is 0.237. The third-order valence-corrected chi connectivity index (χ3v) is 11.2. The highest BCUT2D eigenvalue weighted by Gasteiger charge is 2.33. The van der Waals surface area contributed by atoms with Gasteiger partial charge in [0.15, 0.2) is 5.12 Å². The molecule has 0 unspecified atom stereocenters. The topological polar surface area (TPSA) is 32.8 Å². The van der Waals surface area contributed by atoms with E-state index in [4.69, 9.17) is 4.74 Å². The Kier molecular flexibility index (Phi) is 16.1. The second-order valence-electron chi connectivity index (χ2n) is 7.19. The average Bonchev–Trinajstić information content (AvgIpc) is 2.51. The van der Waals surface area contributed by atoms with Crippen LogP contribution in [0.15, 0.2) is 0 Å². The number of hydrogen-bond acceptors (Lipinski definition) is 6. The summed E-state index contributed by atoms with van der Waals surface area (Å²) in [6.45, 7) is 19.8. The Bertz CT molecular complexity index is 352. The van der Waals surface area contributed by atoms with E-state index in [0.29, 0.717) is 35.2 Å². The van der Waals surface area contributed by atoms with Crippen LogP contribution in [0.2, 0.25) is 0 Å². The molecule has 0 fully saturated rings. The molecule has 0 radical (unpaired) electrons. The zero-order valence-corrected chi connectivity index (χ0v) is 22.4. The minimum absolute atomic E-state index is 0.237. The van der Waals surface area contributed by atoms with Gasteiger partial charge in [-0.15, -0.1) is 0 Å². The maximum Gasteiger partial charge on any atom is 0.198 e. The maximum absolute atomic E-state index is 11.3. The van der Waals surface area contributed by atoms with E-state index in [1.165, 1.54) is 11.8 Å². The summed E-state index contributed by atoms with van der Waals surface area (Å²) < 4.78 is 11.7. The molecule has 8 heteroatoms. The van der Waals surface area contributed by atoms with Crippen molar-refractivity contribution in [3.05, 3.63) is 0 Å². The van der Waals surface area contributed by atoms with Crippen molar-refractivity contribution in [1.82, 2.24) is 9.34 Å². The van der Waals surface area contributed by atoms with Crippen molar-refractivity contribution in [3.63, 3.8) is 0 Å². The quantitative estimate of drug-likeness (QED) is 0.119. The summed E-state index contributed by atoms with van der Waals surface area (Å²) in [5.41, 5.74) is 0. The predicted molar refractivity (Wildman–Crippen MR) is 131 cm³/mol. The molecule has 0 aliphatic carbocycles. The van der Waals surface area contributed by atoms with Crippen LogP contribution in [0, 0.1) is 0 Å². The molecule has 0 heterocycles. The van der Waals surface area contributed by atoms with Crippen LogP contribution in [-0.4, -0.2) is 67.8 Å². The van der Waals surface area contributed by atoms with E-state index in [-0.39, 0.29) is 5.12 Å². The molecular formula is C18H38IN2O2PS2. The minimum Gasteiger partial charge on any atom is -0.380 e. The normalized spacial score (nSPS) is 12.8. The molecule has 0 bridgehead atoms. The molecule has 0 spiro atoms. The van der Waals surface area contributed by atoms with Gasteiger partial charge in [-0.05, 0) is 55.4 Å². The number of alkyl halides is 1. The fraction of sp³-hybridized carbons (Fsp3) is 0.944. The van der Waals surface area contributed by atoms with Crippen molar-refractivity contribution in [2.45, 2.75) is 79.6 Å². The minimum atomic E-state index is -0.440. The van der Waals surface area contributed by atoms with Crippen LogP contribution in [0.5, 0.6) is 0 Å². The Labute approximate surface area is 185 Å². The van der Waals surface area contributed by atoms with Gasteiger partial charge >= 0.3 is 0 Å². The Morgan fingerprint density at radius 2 is 1.31 bits per heavy atom. The van der Waals surface area contributed by atoms with Gasteiger partial charge in [0.2, 0.25) is 0 Å². The second kappa shape index (κ2) is 15.3. The highest BCUT2D eigenvalue weighted by atomic mass is 127. The van der Waals surface area contributed by atoms with Crippen molar-refractivity contribution < 1.29 is 9.53 Å². The number of halogens is 1. The fourth-order valence-electron chi connectivity index (χ4n) is 2.77. The number of hydrogen-bond donors (Lipinski definition) is 0. The van der Waals surface area contributed by atoms with Crippen LogP contribution < -0.4 is 0 Å². The molecule has 0 aliphatic heterocycles. The predicted octanol–water partition coefficient (Wildman–Crippen LogP) is 5.90. The lowest BCUT2D eigenvalue weighted by Crippen LogP contribution is -2.41. The van der Waals surface area contributed by atoms with Crippen LogP contribution in [0.3, 0.4) is 0 Å². The Hall–Kier alpha value is 1.41. The number of carbonyl (C=O) groups excluding carboxylic acids is 1. The first-order valence-electron chi connectivity index (χ1n) is 9.42. The Morgan fingerprint density at radius 3 is 1.69 bits per heavy atom. The molecule has 0 saturated heterocycles. The zero-order chi connectivity index (χ0) is 20.3. The van der Waals surface area contributed by atoms with Gasteiger partial charge in [0.1, 0.15) is 7.42 Å². The molecule has 156 valence electrons. The number of rotatable bonds is 14. The molecule has 0 aromatic carbocycles. The molecule has 0 aliphatic rings.